The average molecular weight is 381 g/mol. The Morgan fingerprint density at radius 1 is 1.04 bits per heavy atom. The molecule has 0 unspecified atom stereocenters. The minimum Gasteiger partial charge on any atom is -0.347 e. The number of aromatic nitrogens is 2. The number of nitrogens with zero attached hydrogens (tertiary/aromatic N) is 3. The Morgan fingerprint density at radius 2 is 1.80 bits per heavy atom. The van der Waals surface area contributed by atoms with Crippen molar-refractivity contribution in [1.29, 1.82) is 0 Å². The lowest BCUT2D eigenvalue weighted by molar-refractivity contribution is -0.169. The number of piperidine rings is 1. The van der Waals surface area contributed by atoms with Gasteiger partial charge in [0.25, 0.3) is 0 Å². The van der Waals surface area contributed by atoms with Gasteiger partial charge in [0.1, 0.15) is 5.82 Å². The van der Waals surface area contributed by atoms with Crippen LogP contribution in [-0.2, 0) is 9.47 Å². The van der Waals surface area contributed by atoms with Crippen LogP contribution in [0.1, 0.15) is 12.8 Å². The van der Waals surface area contributed by atoms with Crippen LogP contribution in [0, 0.1) is 0 Å². The molecule has 1 spiro atoms. The highest BCUT2D eigenvalue weighted by Crippen LogP contribution is 2.32. The summed E-state index contributed by atoms with van der Waals surface area (Å²) in [5.74, 6) is 1.00. The quantitative estimate of drug-likeness (QED) is 0.871. The van der Waals surface area contributed by atoms with E-state index in [2.05, 4.69) is 20.2 Å². The van der Waals surface area contributed by atoms with Gasteiger partial charge in [0, 0.05) is 37.8 Å². The van der Waals surface area contributed by atoms with Gasteiger partial charge >= 0.3 is 0 Å². The molecule has 3 heterocycles. The maximum atomic E-state index is 6.06. The Bertz CT molecular complexity index is 758. The molecule has 2 fully saturated rings. The fraction of sp³-hybridized carbons (Fsp3) is 0.412. The van der Waals surface area contributed by atoms with E-state index in [9.17, 15) is 0 Å². The summed E-state index contributed by atoms with van der Waals surface area (Å²) in [4.78, 5) is 11.2. The Hall–Kier alpha value is -1.60. The number of halogens is 2. The first-order valence-electron chi connectivity index (χ1n) is 8.22. The van der Waals surface area contributed by atoms with Crippen molar-refractivity contribution < 1.29 is 9.47 Å². The van der Waals surface area contributed by atoms with Crippen LogP contribution in [0.2, 0.25) is 10.0 Å². The second kappa shape index (κ2) is 6.96. The zero-order chi connectivity index (χ0) is 17.3. The number of ether oxygens (including phenoxy) is 2. The first-order chi connectivity index (χ1) is 12.1. The van der Waals surface area contributed by atoms with Crippen LogP contribution in [0.3, 0.4) is 0 Å². The van der Waals surface area contributed by atoms with Crippen LogP contribution >= 0.6 is 23.2 Å². The lowest BCUT2D eigenvalue weighted by atomic mass is 10.0. The number of benzene rings is 1. The molecule has 0 bridgehead atoms. The molecule has 1 aromatic carbocycles. The second-order valence-corrected chi connectivity index (χ2v) is 6.90. The van der Waals surface area contributed by atoms with Gasteiger partial charge in [-0.3, -0.25) is 0 Å². The molecule has 8 heteroatoms. The van der Waals surface area contributed by atoms with E-state index in [1.807, 2.05) is 12.1 Å². The van der Waals surface area contributed by atoms with E-state index in [1.165, 1.54) is 0 Å². The van der Waals surface area contributed by atoms with Gasteiger partial charge in [-0.05, 0) is 24.3 Å². The Morgan fingerprint density at radius 3 is 2.52 bits per heavy atom. The lowest BCUT2D eigenvalue weighted by Gasteiger charge is -2.37. The van der Waals surface area contributed by atoms with E-state index in [0.29, 0.717) is 35.0 Å². The molecule has 2 aliphatic rings. The Labute approximate surface area is 156 Å². The number of hydrogen-bond donors (Lipinski definition) is 1. The van der Waals surface area contributed by atoms with Crippen LogP contribution in [0.5, 0.6) is 0 Å². The number of rotatable bonds is 3. The highest BCUT2D eigenvalue weighted by molar-refractivity contribution is 6.42. The Balaban J connectivity index is 1.45. The minimum absolute atomic E-state index is 0.396. The van der Waals surface area contributed by atoms with Crippen LogP contribution in [-0.4, -0.2) is 42.1 Å². The largest absolute Gasteiger partial charge is 0.347 e. The highest BCUT2D eigenvalue weighted by Gasteiger charge is 2.40. The van der Waals surface area contributed by atoms with E-state index in [0.717, 1.165) is 31.6 Å². The van der Waals surface area contributed by atoms with Gasteiger partial charge in [-0.25, -0.2) is 4.98 Å². The van der Waals surface area contributed by atoms with Crippen molar-refractivity contribution in [1.82, 2.24) is 9.97 Å². The summed E-state index contributed by atoms with van der Waals surface area (Å²) in [5.41, 5.74) is 0.824. The number of hydrogen-bond acceptors (Lipinski definition) is 6. The molecule has 132 valence electrons. The molecule has 4 rings (SSSR count). The molecular formula is C17H18Cl2N4O2. The van der Waals surface area contributed by atoms with Crippen molar-refractivity contribution in [3.05, 3.63) is 40.5 Å². The minimum atomic E-state index is -0.396. The summed E-state index contributed by atoms with van der Waals surface area (Å²) in [7, 11) is 0. The monoisotopic (exact) mass is 380 g/mol. The van der Waals surface area contributed by atoms with Crippen molar-refractivity contribution in [3.63, 3.8) is 0 Å². The molecule has 1 N–H and O–H groups in total. The third-order valence-electron chi connectivity index (χ3n) is 4.46. The topological polar surface area (TPSA) is 59.5 Å². The van der Waals surface area contributed by atoms with E-state index in [4.69, 9.17) is 32.7 Å². The molecular weight excluding hydrogens is 363 g/mol. The zero-order valence-electron chi connectivity index (χ0n) is 13.5. The maximum Gasteiger partial charge on any atom is 0.227 e. The summed E-state index contributed by atoms with van der Waals surface area (Å²) in [6.07, 6.45) is 3.39. The molecule has 25 heavy (non-hydrogen) atoms. The molecule has 0 amide bonds. The smallest absolute Gasteiger partial charge is 0.227 e. The van der Waals surface area contributed by atoms with Gasteiger partial charge in [0.15, 0.2) is 5.79 Å². The van der Waals surface area contributed by atoms with Crippen molar-refractivity contribution in [2.45, 2.75) is 18.6 Å². The van der Waals surface area contributed by atoms with Gasteiger partial charge in [-0.2, -0.15) is 4.98 Å². The van der Waals surface area contributed by atoms with Gasteiger partial charge < -0.3 is 19.7 Å². The first kappa shape index (κ1) is 16.8. The molecule has 0 radical (unpaired) electrons. The molecule has 0 saturated carbocycles. The third-order valence-corrected chi connectivity index (χ3v) is 5.20. The fourth-order valence-electron chi connectivity index (χ4n) is 3.13. The molecule has 6 nitrogen and oxygen atoms in total. The molecule has 1 aromatic heterocycles. The van der Waals surface area contributed by atoms with Crippen molar-refractivity contribution in [2.24, 2.45) is 0 Å². The van der Waals surface area contributed by atoms with Crippen LogP contribution in [0.15, 0.2) is 30.5 Å². The van der Waals surface area contributed by atoms with E-state index < -0.39 is 5.79 Å². The SMILES string of the molecule is Clc1ccc(Nc2ccnc(N3CCC4(CC3)OCCO4)n2)cc1Cl. The molecule has 2 saturated heterocycles. The molecule has 2 aliphatic heterocycles. The van der Waals surface area contributed by atoms with Crippen LogP contribution < -0.4 is 10.2 Å². The van der Waals surface area contributed by atoms with E-state index in [1.54, 1.807) is 18.3 Å². The zero-order valence-corrected chi connectivity index (χ0v) is 15.1. The number of nitrogens with one attached hydrogen (secondary N) is 1. The summed E-state index contributed by atoms with van der Waals surface area (Å²) in [6, 6.07) is 7.20. The lowest BCUT2D eigenvalue weighted by Crippen LogP contribution is -2.45. The van der Waals surface area contributed by atoms with Crippen LogP contribution in [0.4, 0.5) is 17.5 Å². The molecule has 2 aromatic rings. The third kappa shape index (κ3) is 3.67. The van der Waals surface area contributed by atoms with Crippen molar-refractivity contribution in [3.8, 4) is 0 Å². The number of anilines is 3. The standard InChI is InChI=1S/C17H18Cl2N4O2/c18-13-2-1-12(11-14(13)19)21-15-3-6-20-16(22-15)23-7-4-17(5-8-23)24-9-10-25-17/h1-3,6,11H,4-5,7-10H2,(H,20,21,22). The van der Waals surface area contributed by atoms with Gasteiger partial charge in [0.05, 0.1) is 23.3 Å². The fourth-order valence-corrected chi connectivity index (χ4v) is 3.42. The molecule has 0 atom stereocenters. The van der Waals surface area contributed by atoms with E-state index >= 15 is 0 Å². The van der Waals surface area contributed by atoms with Crippen LogP contribution in [0.25, 0.3) is 0 Å². The van der Waals surface area contributed by atoms with E-state index in [-0.39, 0.29) is 0 Å². The summed E-state index contributed by atoms with van der Waals surface area (Å²) in [6.45, 7) is 2.96. The molecule has 0 aliphatic carbocycles. The summed E-state index contributed by atoms with van der Waals surface area (Å²) in [5, 5.41) is 4.25. The predicted octanol–water partition coefficient (Wildman–Crippen LogP) is 3.87. The normalized spacial score (nSPS) is 19.4. The van der Waals surface area contributed by atoms with Crippen molar-refractivity contribution >= 4 is 40.7 Å². The highest BCUT2D eigenvalue weighted by atomic mass is 35.5. The summed E-state index contributed by atoms with van der Waals surface area (Å²) >= 11 is 12.0. The van der Waals surface area contributed by atoms with Crippen molar-refractivity contribution in [2.75, 3.05) is 36.5 Å². The maximum absolute atomic E-state index is 6.06. The second-order valence-electron chi connectivity index (χ2n) is 6.09. The summed E-state index contributed by atoms with van der Waals surface area (Å²) < 4.78 is 11.5. The van der Waals surface area contributed by atoms with Gasteiger partial charge in [0.2, 0.25) is 5.95 Å². The van der Waals surface area contributed by atoms with Gasteiger partial charge in [-0.15, -0.1) is 0 Å². The van der Waals surface area contributed by atoms with Gasteiger partial charge in [-0.1, -0.05) is 23.2 Å². The Kier molecular flexibility index (Phi) is 4.69. The average Bonchev–Trinajstić information content (AvgIpc) is 3.07. The predicted molar refractivity (Wildman–Crippen MR) is 97.9 cm³/mol. The first-order valence-corrected chi connectivity index (χ1v) is 8.97.